The Hall–Kier alpha value is -0.960. The molecule has 1 aromatic rings. The van der Waals surface area contributed by atoms with Crippen LogP contribution in [-0.4, -0.2) is 23.1 Å². The zero-order valence-corrected chi connectivity index (χ0v) is 14.7. The van der Waals surface area contributed by atoms with Gasteiger partial charge in [0.2, 0.25) is 5.91 Å². The lowest BCUT2D eigenvalue weighted by molar-refractivity contribution is -0.132. The number of nitrogens with zero attached hydrogens (tertiary/aromatic N) is 1. The Labute approximate surface area is 133 Å². The molecular weight excluding hydrogens is 278 g/mol. The number of hydrogen-bond donors (Lipinski definition) is 0. The molecule has 3 heteroatoms. The van der Waals surface area contributed by atoms with E-state index in [1.165, 1.54) is 11.1 Å². The molecule has 0 bridgehead atoms. The van der Waals surface area contributed by atoms with Crippen molar-refractivity contribution in [1.29, 1.82) is 0 Å². The summed E-state index contributed by atoms with van der Waals surface area (Å²) < 4.78 is 0. The minimum Gasteiger partial charge on any atom is -0.326 e. The third kappa shape index (κ3) is 4.03. The van der Waals surface area contributed by atoms with E-state index in [0.717, 1.165) is 12.3 Å². The lowest BCUT2D eigenvalue weighted by Crippen LogP contribution is -2.31. The highest BCUT2D eigenvalue weighted by atomic mass is 32.2. The Bertz CT molecular complexity index is 487. The smallest absolute Gasteiger partial charge is 0.224 e. The lowest BCUT2D eigenvalue weighted by atomic mass is 9.86. The molecule has 1 aliphatic heterocycles. The summed E-state index contributed by atoms with van der Waals surface area (Å²) in [5, 5.41) is 0.199. The monoisotopic (exact) mass is 305 g/mol. The van der Waals surface area contributed by atoms with Gasteiger partial charge in [-0.2, -0.15) is 0 Å². The molecule has 1 unspecified atom stereocenters. The van der Waals surface area contributed by atoms with Gasteiger partial charge in [0.25, 0.3) is 0 Å². The van der Waals surface area contributed by atoms with Gasteiger partial charge in [0.05, 0.1) is 0 Å². The molecule has 0 spiro atoms. The number of carbonyl (C=O) groups is 1. The van der Waals surface area contributed by atoms with E-state index in [1.54, 1.807) is 0 Å². The van der Waals surface area contributed by atoms with Crippen molar-refractivity contribution in [2.45, 2.75) is 51.8 Å². The molecule has 0 aromatic heterocycles. The molecule has 2 rings (SSSR count). The third-order valence-corrected chi connectivity index (χ3v) is 5.12. The second kappa shape index (κ2) is 6.43. The summed E-state index contributed by atoms with van der Waals surface area (Å²) in [4.78, 5) is 14.4. The van der Waals surface area contributed by atoms with Gasteiger partial charge in [0.15, 0.2) is 0 Å². The Kier molecular flexibility index (Phi) is 5.03. The van der Waals surface area contributed by atoms with Crippen LogP contribution in [0.3, 0.4) is 0 Å². The molecular formula is C18H27NOS. The van der Waals surface area contributed by atoms with Gasteiger partial charge >= 0.3 is 0 Å². The molecule has 21 heavy (non-hydrogen) atoms. The van der Waals surface area contributed by atoms with Crippen LogP contribution < -0.4 is 0 Å². The van der Waals surface area contributed by atoms with E-state index in [1.807, 2.05) is 11.8 Å². The van der Waals surface area contributed by atoms with Crippen molar-refractivity contribution in [1.82, 2.24) is 4.90 Å². The van der Waals surface area contributed by atoms with Crippen LogP contribution in [0.4, 0.5) is 0 Å². The topological polar surface area (TPSA) is 20.3 Å². The summed E-state index contributed by atoms with van der Waals surface area (Å²) in [6, 6.07) is 8.80. The predicted molar refractivity (Wildman–Crippen MR) is 91.5 cm³/mol. The van der Waals surface area contributed by atoms with Gasteiger partial charge in [-0.1, -0.05) is 58.9 Å². The van der Waals surface area contributed by atoms with E-state index in [2.05, 4.69) is 63.8 Å². The highest BCUT2D eigenvalue weighted by Crippen LogP contribution is 2.39. The van der Waals surface area contributed by atoms with Crippen LogP contribution in [0.1, 0.15) is 57.5 Å². The number of rotatable bonds is 3. The summed E-state index contributed by atoms with van der Waals surface area (Å²) >= 11 is 1.88. The SMILES string of the molecule is CC(C)CC(=O)N1CCSC1c1ccc(C(C)(C)C)cc1. The minimum absolute atomic E-state index is 0.175. The molecule has 0 radical (unpaired) electrons. The zero-order valence-electron chi connectivity index (χ0n) is 13.8. The maximum absolute atomic E-state index is 12.4. The third-order valence-electron chi connectivity index (χ3n) is 3.86. The second-order valence-electron chi connectivity index (χ2n) is 7.28. The van der Waals surface area contributed by atoms with Crippen LogP contribution in [-0.2, 0) is 10.2 Å². The molecule has 1 atom stereocenters. The number of benzene rings is 1. The fourth-order valence-electron chi connectivity index (χ4n) is 2.62. The van der Waals surface area contributed by atoms with Crippen molar-refractivity contribution in [2.24, 2.45) is 5.92 Å². The first-order chi connectivity index (χ1) is 9.79. The number of thioether (sulfide) groups is 1. The van der Waals surface area contributed by atoms with Gasteiger partial charge in [-0.15, -0.1) is 11.8 Å². The van der Waals surface area contributed by atoms with Crippen molar-refractivity contribution >= 4 is 17.7 Å². The Balaban J connectivity index is 2.15. The van der Waals surface area contributed by atoms with Crippen molar-refractivity contribution in [3.8, 4) is 0 Å². The fraction of sp³-hybridized carbons (Fsp3) is 0.611. The van der Waals surface area contributed by atoms with Gasteiger partial charge in [0.1, 0.15) is 5.37 Å². The molecule has 0 N–H and O–H groups in total. The van der Waals surface area contributed by atoms with E-state index in [-0.39, 0.29) is 10.8 Å². The summed E-state index contributed by atoms with van der Waals surface area (Å²) in [6.45, 7) is 11.8. The van der Waals surface area contributed by atoms with Crippen LogP contribution in [0.25, 0.3) is 0 Å². The van der Waals surface area contributed by atoms with Crippen molar-refractivity contribution < 1.29 is 4.79 Å². The maximum Gasteiger partial charge on any atom is 0.224 e. The molecule has 0 aliphatic carbocycles. The highest BCUT2D eigenvalue weighted by Gasteiger charge is 2.30. The number of amides is 1. The number of carbonyl (C=O) groups excluding carboxylic acids is 1. The molecule has 1 amide bonds. The predicted octanol–water partition coefficient (Wildman–Crippen LogP) is 4.60. The van der Waals surface area contributed by atoms with E-state index < -0.39 is 0 Å². The molecule has 1 fully saturated rings. The van der Waals surface area contributed by atoms with Gasteiger partial charge in [-0.05, 0) is 22.5 Å². The van der Waals surface area contributed by atoms with Crippen molar-refractivity contribution in [3.05, 3.63) is 35.4 Å². The van der Waals surface area contributed by atoms with Gasteiger partial charge in [0, 0.05) is 18.7 Å². The zero-order chi connectivity index (χ0) is 15.6. The molecule has 1 heterocycles. The number of hydrogen-bond acceptors (Lipinski definition) is 2. The Morgan fingerprint density at radius 2 is 1.90 bits per heavy atom. The lowest BCUT2D eigenvalue weighted by Gasteiger charge is -2.26. The average Bonchev–Trinajstić information content (AvgIpc) is 2.86. The molecule has 0 saturated carbocycles. The van der Waals surface area contributed by atoms with Crippen LogP contribution in [0.2, 0.25) is 0 Å². The second-order valence-corrected chi connectivity index (χ2v) is 8.47. The van der Waals surface area contributed by atoms with E-state index in [9.17, 15) is 4.79 Å². The van der Waals surface area contributed by atoms with Gasteiger partial charge in [-0.25, -0.2) is 0 Å². The van der Waals surface area contributed by atoms with E-state index in [0.29, 0.717) is 18.2 Å². The first-order valence-electron chi connectivity index (χ1n) is 7.80. The normalized spacial score (nSPS) is 19.3. The highest BCUT2D eigenvalue weighted by molar-refractivity contribution is 7.99. The average molecular weight is 305 g/mol. The Morgan fingerprint density at radius 1 is 1.29 bits per heavy atom. The first kappa shape index (κ1) is 16.4. The first-order valence-corrected chi connectivity index (χ1v) is 8.85. The molecule has 1 aliphatic rings. The quantitative estimate of drug-likeness (QED) is 0.813. The van der Waals surface area contributed by atoms with E-state index in [4.69, 9.17) is 0 Å². The molecule has 1 aromatic carbocycles. The molecule has 2 nitrogen and oxygen atoms in total. The van der Waals surface area contributed by atoms with Crippen LogP contribution in [0, 0.1) is 5.92 Å². The van der Waals surface area contributed by atoms with Gasteiger partial charge in [-0.3, -0.25) is 4.79 Å². The van der Waals surface area contributed by atoms with Crippen LogP contribution >= 0.6 is 11.8 Å². The fourth-order valence-corrected chi connectivity index (χ4v) is 3.89. The molecule has 116 valence electrons. The molecule has 1 saturated heterocycles. The van der Waals surface area contributed by atoms with Crippen LogP contribution in [0.15, 0.2) is 24.3 Å². The Morgan fingerprint density at radius 3 is 2.43 bits per heavy atom. The summed E-state index contributed by atoms with van der Waals surface area (Å²) in [7, 11) is 0. The van der Waals surface area contributed by atoms with Crippen molar-refractivity contribution in [3.63, 3.8) is 0 Å². The maximum atomic E-state index is 12.4. The minimum atomic E-state index is 0.175. The largest absolute Gasteiger partial charge is 0.326 e. The van der Waals surface area contributed by atoms with Crippen LogP contribution in [0.5, 0.6) is 0 Å². The summed E-state index contributed by atoms with van der Waals surface area (Å²) in [5.74, 6) is 1.75. The van der Waals surface area contributed by atoms with Gasteiger partial charge < -0.3 is 4.90 Å². The summed E-state index contributed by atoms with van der Waals surface area (Å²) in [5.41, 5.74) is 2.77. The standard InChI is InChI=1S/C18H27NOS/c1-13(2)12-16(20)19-10-11-21-17(19)14-6-8-15(9-7-14)18(3,4)5/h6-9,13,17H,10-12H2,1-5H3. The van der Waals surface area contributed by atoms with Crippen molar-refractivity contribution in [2.75, 3.05) is 12.3 Å². The summed E-state index contributed by atoms with van der Waals surface area (Å²) in [6.07, 6.45) is 0.650. The van der Waals surface area contributed by atoms with E-state index >= 15 is 0 Å².